The molecular weight excluding hydrogens is 192 g/mol. The van der Waals surface area contributed by atoms with Crippen molar-refractivity contribution in [2.45, 2.75) is 39.2 Å². The second-order valence-corrected chi connectivity index (χ2v) is 4.81. The van der Waals surface area contributed by atoms with Gasteiger partial charge in [-0.2, -0.15) is 17.7 Å². The summed E-state index contributed by atoms with van der Waals surface area (Å²) in [6, 6.07) is 2.07. The molecule has 1 aliphatic rings. The van der Waals surface area contributed by atoms with Crippen LogP contribution in [0, 0.1) is 12.3 Å². The van der Waals surface area contributed by atoms with Crippen LogP contribution in [0.15, 0.2) is 12.3 Å². The quantitative estimate of drug-likeness (QED) is 0.759. The highest BCUT2D eigenvalue weighted by Crippen LogP contribution is 2.40. The van der Waals surface area contributed by atoms with Crippen molar-refractivity contribution in [3.05, 3.63) is 18.0 Å². The third kappa shape index (κ3) is 1.83. The number of aryl methyl sites for hydroxylation is 1. The van der Waals surface area contributed by atoms with Crippen molar-refractivity contribution in [1.82, 2.24) is 9.78 Å². The van der Waals surface area contributed by atoms with E-state index >= 15 is 0 Å². The summed E-state index contributed by atoms with van der Waals surface area (Å²) in [5, 5.41) is 4.35. The lowest BCUT2D eigenvalue weighted by molar-refractivity contribution is 0.274. The van der Waals surface area contributed by atoms with E-state index in [1.165, 1.54) is 31.4 Å². The predicted octanol–water partition coefficient (Wildman–Crippen LogP) is 2.68. The molecule has 2 nitrogen and oxygen atoms in total. The fourth-order valence-electron chi connectivity index (χ4n) is 2.37. The summed E-state index contributed by atoms with van der Waals surface area (Å²) in [5.41, 5.74) is 1.68. The average Bonchev–Trinajstić information content (AvgIpc) is 2.79. The van der Waals surface area contributed by atoms with Crippen LogP contribution >= 0.6 is 12.6 Å². The molecule has 14 heavy (non-hydrogen) atoms. The Morgan fingerprint density at radius 2 is 2.21 bits per heavy atom. The summed E-state index contributed by atoms with van der Waals surface area (Å²) in [4.78, 5) is 0. The van der Waals surface area contributed by atoms with Crippen LogP contribution < -0.4 is 0 Å². The van der Waals surface area contributed by atoms with Gasteiger partial charge in [0.2, 0.25) is 0 Å². The molecule has 0 radical (unpaired) electrons. The Morgan fingerprint density at radius 3 is 2.71 bits per heavy atom. The second-order valence-electron chi connectivity index (χ2n) is 4.50. The number of hydrogen-bond donors (Lipinski definition) is 1. The van der Waals surface area contributed by atoms with Gasteiger partial charge in [-0.3, -0.25) is 4.68 Å². The van der Waals surface area contributed by atoms with Crippen LogP contribution in [-0.4, -0.2) is 15.5 Å². The monoisotopic (exact) mass is 210 g/mol. The Labute approximate surface area is 91.1 Å². The van der Waals surface area contributed by atoms with Gasteiger partial charge in [0.05, 0.1) is 0 Å². The summed E-state index contributed by atoms with van der Waals surface area (Å²) in [7, 11) is 0. The Kier molecular flexibility index (Phi) is 2.86. The van der Waals surface area contributed by atoms with Gasteiger partial charge >= 0.3 is 0 Å². The van der Waals surface area contributed by atoms with Gasteiger partial charge in [0.1, 0.15) is 0 Å². The van der Waals surface area contributed by atoms with E-state index in [0.29, 0.717) is 5.41 Å². The molecule has 0 N–H and O–H groups in total. The summed E-state index contributed by atoms with van der Waals surface area (Å²) >= 11 is 4.51. The first kappa shape index (κ1) is 10.1. The van der Waals surface area contributed by atoms with E-state index in [-0.39, 0.29) is 0 Å². The molecule has 0 saturated heterocycles. The molecule has 0 spiro atoms. The molecule has 0 bridgehead atoms. The van der Waals surface area contributed by atoms with E-state index in [1.54, 1.807) is 0 Å². The van der Waals surface area contributed by atoms with E-state index in [2.05, 4.69) is 35.4 Å². The van der Waals surface area contributed by atoms with Crippen LogP contribution in [0.25, 0.3) is 0 Å². The standard InChI is InChI=1S/C11H18N2S/c1-10-4-7-12-13(10)8-11(9-14)5-2-3-6-11/h4,7,14H,2-3,5-6,8-9H2,1H3. The Balaban J connectivity index is 2.12. The molecule has 0 unspecified atom stereocenters. The highest BCUT2D eigenvalue weighted by molar-refractivity contribution is 7.80. The zero-order valence-electron chi connectivity index (χ0n) is 8.74. The number of rotatable bonds is 3. The first-order chi connectivity index (χ1) is 6.76. The van der Waals surface area contributed by atoms with Gasteiger partial charge in [0.25, 0.3) is 0 Å². The molecule has 78 valence electrons. The predicted molar refractivity (Wildman–Crippen MR) is 61.7 cm³/mol. The Bertz CT molecular complexity index is 300. The number of hydrogen-bond acceptors (Lipinski definition) is 2. The zero-order valence-corrected chi connectivity index (χ0v) is 9.63. The molecule has 0 aliphatic heterocycles. The number of thiol groups is 1. The number of aromatic nitrogens is 2. The van der Waals surface area contributed by atoms with E-state index in [9.17, 15) is 0 Å². The van der Waals surface area contributed by atoms with Crippen molar-refractivity contribution in [3.8, 4) is 0 Å². The molecule has 1 aromatic rings. The fourth-order valence-corrected chi connectivity index (χ4v) is 2.79. The largest absolute Gasteiger partial charge is 0.269 e. The lowest BCUT2D eigenvalue weighted by atomic mass is 9.88. The molecular formula is C11H18N2S. The molecule has 1 fully saturated rings. The molecule has 2 rings (SSSR count). The van der Waals surface area contributed by atoms with Gasteiger partial charge in [-0.15, -0.1) is 0 Å². The molecule has 0 aromatic carbocycles. The van der Waals surface area contributed by atoms with Crippen molar-refractivity contribution in [3.63, 3.8) is 0 Å². The fraction of sp³-hybridized carbons (Fsp3) is 0.727. The van der Waals surface area contributed by atoms with Crippen LogP contribution in [0.3, 0.4) is 0 Å². The van der Waals surface area contributed by atoms with E-state index in [4.69, 9.17) is 0 Å². The highest BCUT2D eigenvalue weighted by atomic mass is 32.1. The van der Waals surface area contributed by atoms with Crippen molar-refractivity contribution >= 4 is 12.6 Å². The maximum atomic E-state index is 4.51. The molecule has 1 aliphatic carbocycles. The van der Waals surface area contributed by atoms with E-state index in [1.807, 2.05) is 6.20 Å². The smallest absolute Gasteiger partial charge is 0.0492 e. The molecule has 1 heterocycles. The minimum atomic E-state index is 0.417. The normalized spacial score (nSPS) is 20.1. The van der Waals surface area contributed by atoms with Crippen LogP contribution in [0.2, 0.25) is 0 Å². The first-order valence-electron chi connectivity index (χ1n) is 5.35. The van der Waals surface area contributed by atoms with E-state index in [0.717, 1.165) is 12.3 Å². The van der Waals surface area contributed by atoms with Crippen molar-refractivity contribution < 1.29 is 0 Å². The average molecular weight is 210 g/mol. The van der Waals surface area contributed by atoms with Crippen molar-refractivity contribution in [2.24, 2.45) is 5.41 Å². The summed E-state index contributed by atoms with van der Waals surface area (Å²) < 4.78 is 2.13. The van der Waals surface area contributed by atoms with E-state index < -0.39 is 0 Å². The van der Waals surface area contributed by atoms with Crippen LogP contribution in [0.5, 0.6) is 0 Å². The third-order valence-electron chi connectivity index (χ3n) is 3.41. The van der Waals surface area contributed by atoms with Gasteiger partial charge in [-0.1, -0.05) is 12.8 Å². The summed E-state index contributed by atoms with van der Waals surface area (Å²) in [6.45, 7) is 3.17. The van der Waals surface area contributed by atoms with Gasteiger partial charge in [-0.05, 0) is 37.0 Å². The van der Waals surface area contributed by atoms with Gasteiger partial charge < -0.3 is 0 Å². The molecule has 1 saturated carbocycles. The molecule has 3 heteroatoms. The first-order valence-corrected chi connectivity index (χ1v) is 5.98. The molecule has 1 aromatic heterocycles. The van der Waals surface area contributed by atoms with Gasteiger partial charge in [-0.25, -0.2) is 0 Å². The maximum absolute atomic E-state index is 4.51. The Hall–Kier alpha value is -0.440. The van der Waals surface area contributed by atoms with Crippen molar-refractivity contribution in [1.29, 1.82) is 0 Å². The lowest BCUT2D eigenvalue weighted by Crippen LogP contribution is -2.26. The highest BCUT2D eigenvalue weighted by Gasteiger charge is 2.33. The van der Waals surface area contributed by atoms with Crippen LogP contribution in [-0.2, 0) is 6.54 Å². The number of nitrogens with zero attached hydrogens (tertiary/aromatic N) is 2. The molecule has 0 amide bonds. The third-order valence-corrected chi connectivity index (χ3v) is 4.08. The van der Waals surface area contributed by atoms with Gasteiger partial charge in [0, 0.05) is 18.4 Å². The second kappa shape index (κ2) is 3.97. The minimum Gasteiger partial charge on any atom is -0.269 e. The summed E-state index contributed by atoms with van der Waals surface area (Å²) in [6.07, 6.45) is 7.24. The zero-order chi connectivity index (χ0) is 10.0. The van der Waals surface area contributed by atoms with Gasteiger partial charge in [0.15, 0.2) is 0 Å². The molecule has 0 atom stereocenters. The minimum absolute atomic E-state index is 0.417. The maximum Gasteiger partial charge on any atom is 0.0492 e. The summed E-state index contributed by atoms with van der Waals surface area (Å²) in [5.74, 6) is 0.992. The Morgan fingerprint density at radius 1 is 1.50 bits per heavy atom. The lowest BCUT2D eigenvalue weighted by Gasteiger charge is -2.27. The van der Waals surface area contributed by atoms with Crippen molar-refractivity contribution in [2.75, 3.05) is 5.75 Å². The SMILES string of the molecule is Cc1ccnn1CC1(CS)CCCC1. The van der Waals surface area contributed by atoms with Crippen LogP contribution in [0.4, 0.5) is 0 Å². The van der Waals surface area contributed by atoms with Crippen LogP contribution in [0.1, 0.15) is 31.4 Å². The topological polar surface area (TPSA) is 17.8 Å².